The van der Waals surface area contributed by atoms with Gasteiger partial charge in [-0.1, -0.05) is 35.9 Å². The lowest BCUT2D eigenvalue weighted by atomic mass is 10.1. The Hall–Kier alpha value is -3.16. The van der Waals surface area contributed by atoms with E-state index in [0.717, 1.165) is 17.3 Å². The number of H-pyrrole nitrogens is 1. The molecule has 1 amide bonds. The van der Waals surface area contributed by atoms with E-state index in [1.54, 1.807) is 42.5 Å². The zero-order valence-corrected chi connectivity index (χ0v) is 17.6. The van der Waals surface area contributed by atoms with Crippen LogP contribution in [-0.4, -0.2) is 30.5 Å². The first kappa shape index (κ1) is 20.1. The minimum absolute atomic E-state index is 0.120. The molecule has 1 aromatic heterocycles. The first-order valence-corrected chi connectivity index (χ1v) is 11.5. The molecule has 152 valence electrons. The molecule has 0 bridgehead atoms. The van der Waals surface area contributed by atoms with Gasteiger partial charge in [-0.2, -0.15) is 0 Å². The van der Waals surface area contributed by atoms with Crippen LogP contribution in [0, 0.1) is 0 Å². The van der Waals surface area contributed by atoms with E-state index in [0.29, 0.717) is 33.2 Å². The molecule has 8 heteroatoms. The second-order valence-corrected chi connectivity index (χ2v) is 9.57. The number of carbonyl (C=O) groups is 1. The SMILES string of the molecule is CS(=O)(=O)Cc1cccc(C(=O)Nc2ccc(Cl)c(-c3nc4ccccc4[nH]3)c2)c1. The van der Waals surface area contributed by atoms with Crippen LogP contribution in [0.25, 0.3) is 22.4 Å². The number of aromatic amines is 1. The van der Waals surface area contributed by atoms with Crippen LogP contribution in [0.3, 0.4) is 0 Å². The van der Waals surface area contributed by atoms with Gasteiger partial charge in [-0.05, 0) is 48.0 Å². The van der Waals surface area contributed by atoms with Crippen molar-refractivity contribution in [3.63, 3.8) is 0 Å². The minimum atomic E-state index is -3.19. The number of amides is 1. The van der Waals surface area contributed by atoms with Crippen molar-refractivity contribution < 1.29 is 13.2 Å². The zero-order chi connectivity index (χ0) is 21.3. The molecule has 0 saturated carbocycles. The molecule has 30 heavy (non-hydrogen) atoms. The number of benzene rings is 3. The summed E-state index contributed by atoms with van der Waals surface area (Å²) in [5.41, 5.74) is 3.85. The Balaban J connectivity index is 1.60. The van der Waals surface area contributed by atoms with Crippen LogP contribution in [0.2, 0.25) is 5.02 Å². The van der Waals surface area contributed by atoms with Crippen LogP contribution in [0.4, 0.5) is 5.69 Å². The predicted molar refractivity (Wildman–Crippen MR) is 119 cm³/mol. The van der Waals surface area contributed by atoms with Crippen molar-refractivity contribution in [3.05, 3.63) is 82.9 Å². The molecular formula is C22H18ClN3O3S. The van der Waals surface area contributed by atoms with Gasteiger partial charge < -0.3 is 10.3 Å². The van der Waals surface area contributed by atoms with E-state index in [1.165, 1.54) is 0 Å². The molecule has 0 atom stereocenters. The number of hydrogen-bond donors (Lipinski definition) is 2. The van der Waals surface area contributed by atoms with Gasteiger partial charge in [-0.25, -0.2) is 13.4 Å². The quantitative estimate of drug-likeness (QED) is 0.472. The molecule has 3 aromatic carbocycles. The summed E-state index contributed by atoms with van der Waals surface area (Å²) in [6.45, 7) is 0. The topological polar surface area (TPSA) is 91.9 Å². The molecule has 0 unspecified atom stereocenters. The smallest absolute Gasteiger partial charge is 0.255 e. The summed E-state index contributed by atoms with van der Waals surface area (Å²) < 4.78 is 23.0. The van der Waals surface area contributed by atoms with E-state index < -0.39 is 9.84 Å². The van der Waals surface area contributed by atoms with Gasteiger partial charge in [0.2, 0.25) is 0 Å². The molecule has 4 aromatic rings. The number of fused-ring (bicyclic) bond motifs is 1. The Labute approximate surface area is 178 Å². The van der Waals surface area contributed by atoms with Gasteiger partial charge in [0.1, 0.15) is 5.82 Å². The molecule has 0 aliphatic heterocycles. The first-order valence-electron chi connectivity index (χ1n) is 9.11. The molecule has 0 saturated heterocycles. The summed E-state index contributed by atoms with van der Waals surface area (Å²) in [5, 5.41) is 3.33. The maximum Gasteiger partial charge on any atom is 0.255 e. The van der Waals surface area contributed by atoms with Gasteiger partial charge in [0.15, 0.2) is 9.84 Å². The normalized spacial score (nSPS) is 11.5. The lowest BCUT2D eigenvalue weighted by Crippen LogP contribution is -2.12. The second-order valence-electron chi connectivity index (χ2n) is 7.02. The number of rotatable bonds is 5. The number of para-hydroxylation sites is 2. The van der Waals surface area contributed by atoms with E-state index in [2.05, 4.69) is 15.3 Å². The van der Waals surface area contributed by atoms with Gasteiger partial charge in [-0.3, -0.25) is 4.79 Å². The van der Waals surface area contributed by atoms with E-state index in [4.69, 9.17) is 11.6 Å². The van der Waals surface area contributed by atoms with E-state index in [1.807, 2.05) is 24.3 Å². The first-order chi connectivity index (χ1) is 14.3. The van der Waals surface area contributed by atoms with E-state index >= 15 is 0 Å². The number of hydrogen-bond acceptors (Lipinski definition) is 4. The van der Waals surface area contributed by atoms with Crippen LogP contribution in [0.15, 0.2) is 66.7 Å². The number of nitrogens with zero attached hydrogens (tertiary/aromatic N) is 1. The van der Waals surface area contributed by atoms with Crippen molar-refractivity contribution >= 4 is 44.1 Å². The third-order valence-electron chi connectivity index (χ3n) is 4.49. The maximum atomic E-state index is 12.7. The van der Waals surface area contributed by atoms with Gasteiger partial charge in [-0.15, -0.1) is 0 Å². The Morgan fingerprint density at radius 1 is 1.07 bits per heavy atom. The van der Waals surface area contributed by atoms with E-state index in [-0.39, 0.29) is 11.7 Å². The molecule has 0 radical (unpaired) electrons. The Bertz CT molecular complexity index is 1330. The largest absolute Gasteiger partial charge is 0.338 e. The average molecular weight is 440 g/mol. The molecule has 2 N–H and O–H groups in total. The van der Waals surface area contributed by atoms with Crippen LogP contribution < -0.4 is 5.32 Å². The fourth-order valence-electron chi connectivity index (χ4n) is 3.17. The molecule has 0 fully saturated rings. The fraction of sp³-hybridized carbons (Fsp3) is 0.0909. The summed E-state index contributed by atoms with van der Waals surface area (Å²) in [5.74, 6) is 0.140. The van der Waals surface area contributed by atoms with Crippen LogP contribution in [0.1, 0.15) is 15.9 Å². The number of halogens is 1. The summed E-state index contributed by atoms with van der Waals surface area (Å²) in [4.78, 5) is 20.5. The molecule has 1 heterocycles. The molecule has 0 spiro atoms. The summed E-state index contributed by atoms with van der Waals surface area (Å²) in [6.07, 6.45) is 1.16. The highest BCUT2D eigenvalue weighted by atomic mass is 35.5. The van der Waals surface area contributed by atoms with E-state index in [9.17, 15) is 13.2 Å². The number of carbonyl (C=O) groups excluding carboxylic acids is 1. The Morgan fingerprint density at radius 2 is 1.87 bits per heavy atom. The standard InChI is InChI=1S/C22H18ClN3O3S/c1-30(28,29)13-14-5-4-6-15(11-14)22(27)24-16-9-10-18(23)17(12-16)21-25-19-7-2-3-8-20(19)26-21/h2-12H,13H2,1H3,(H,24,27)(H,25,26). The van der Waals surface area contributed by atoms with Crippen molar-refractivity contribution in [2.45, 2.75) is 5.75 Å². The number of nitrogens with one attached hydrogen (secondary N) is 2. The van der Waals surface area contributed by atoms with Crippen molar-refractivity contribution in [2.75, 3.05) is 11.6 Å². The molecule has 0 aliphatic carbocycles. The highest BCUT2D eigenvalue weighted by Gasteiger charge is 2.13. The number of aromatic nitrogens is 2. The monoisotopic (exact) mass is 439 g/mol. The van der Waals surface area contributed by atoms with Crippen LogP contribution >= 0.6 is 11.6 Å². The lowest BCUT2D eigenvalue weighted by molar-refractivity contribution is 0.102. The van der Waals surface area contributed by atoms with Crippen molar-refractivity contribution in [3.8, 4) is 11.4 Å². The molecule has 4 rings (SSSR count). The third-order valence-corrected chi connectivity index (χ3v) is 5.67. The Morgan fingerprint density at radius 3 is 2.63 bits per heavy atom. The number of imidazole rings is 1. The highest BCUT2D eigenvalue weighted by Crippen LogP contribution is 2.30. The summed E-state index contributed by atoms with van der Waals surface area (Å²) in [7, 11) is -3.19. The van der Waals surface area contributed by atoms with Gasteiger partial charge in [0.05, 0.1) is 21.8 Å². The molecular weight excluding hydrogens is 422 g/mol. The van der Waals surface area contributed by atoms with Gasteiger partial charge >= 0.3 is 0 Å². The predicted octanol–water partition coefficient (Wildman–Crippen LogP) is 4.68. The zero-order valence-electron chi connectivity index (χ0n) is 16.0. The van der Waals surface area contributed by atoms with Crippen molar-refractivity contribution in [1.29, 1.82) is 0 Å². The fourth-order valence-corrected chi connectivity index (χ4v) is 4.17. The van der Waals surface area contributed by atoms with Crippen molar-refractivity contribution in [2.24, 2.45) is 0 Å². The summed E-state index contributed by atoms with van der Waals surface area (Å²) >= 11 is 6.36. The minimum Gasteiger partial charge on any atom is -0.338 e. The van der Waals surface area contributed by atoms with Gasteiger partial charge in [0.25, 0.3) is 5.91 Å². The van der Waals surface area contributed by atoms with Crippen molar-refractivity contribution in [1.82, 2.24) is 9.97 Å². The summed E-state index contributed by atoms with van der Waals surface area (Å²) in [6, 6.07) is 19.3. The second kappa shape index (κ2) is 7.93. The third kappa shape index (κ3) is 4.53. The van der Waals surface area contributed by atoms with Crippen LogP contribution in [0.5, 0.6) is 0 Å². The lowest BCUT2D eigenvalue weighted by Gasteiger charge is -2.09. The number of anilines is 1. The van der Waals surface area contributed by atoms with Crippen LogP contribution in [-0.2, 0) is 15.6 Å². The molecule has 0 aliphatic rings. The number of sulfone groups is 1. The molecule has 6 nitrogen and oxygen atoms in total. The van der Waals surface area contributed by atoms with Gasteiger partial charge in [0, 0.05) is 23.1 Å². The maximum absolute atomic E-state index is 12.7. The Kier molecular flexibility index (Phi) is 5.32. The highest BCUT2D eigenvalue weighted by molar-refractivity contribution is 7.89. The average Bonchev–Trinajstić information content (AvgIpc) is 3.12.